The van der Waals surface area contributed by atoms with Crippen molar-refractivity contribution >= 4 is 12.1 Å². The molecule has 0 aliphatic heterocycles. The number of carbonyl (C=O) groups is 2. The summed E-state index contributed by atoms with van der Waals surface area (Å²) in [7, 11) is 0. The molecule has 25 heavy (non-hydrogen) atoms. The number of aldehydes is 1. The molecular weight excluding hydrogens is 316 g/mol. The zero-order valence-corrected chi connectivity index (χ0v) is 14.9. The fourth-order valence-corrected chi connectivity index (χ4v) is 6.63. The van der Waals surface area contributed by atoms with Gasteiger partial charge in [-0.25, -0.2) is 0 Å². The molecule has 0 radical (unpaired) electrons. The number of aliphatic hydroxyl groups is 2. The summed E-state index contributed by atoms with van der Waals surface area (Å²) in [5, 5.41) is 21.2. The monoisotopic (exact) mass is 342 g/mol. The lowest BCUT2D eigenvalue weighted by molar-refractivity contribution is -0.112. The van der Waals surface area contributed by atoms with Crippen molar-refractivity contribution in [2.45, 2.75) is 52.1 Å². The van der Waals surface area contributed by atoms with E-state index in [4.69, 9.17) is 0 Å². The summed E-state index contributed by atoms with van der Waals surface area (Å²) in [6, 6.07) is 0. The highest BCUT2D eigenvalue weighted by Gasteiger charge is 2.60. The maximum absolute atomic E-state index is 11.8. The van der Waals surface area contributed by atoms with Gasteiger partial charge in [0.2, 0.25) is 0 Å². The van der Waals surface area contributed by atoms with Crippen LogP contribution in [0.15, 0.2) is 35.1 Å². The molecule has 0 saturated heterocycles. The van der Waals surface area contributed by atoms with Crippen LogP contribution in [0.25, 0.3) is 0 Å². The zero-order valence-electron chi connectivity index (χ0n) is 14.9. The van der Waals surface area contributed by atoms with Gasteiger partial charge in [0.05, 0.1) is 6.10 Å². The van der Waals surface area contributed by atoms with Gasteiger partial charge < -0.3 is 10.2 Å². The van der Waals surface area contributed by atoms with E-state index in [2.05, 4.69) is 13.8 Å². The molecule has 4 aliphatic carbocycles. The van der Waals surface area contributed by atoms with Crippen LogP contribution in [-0.4, -0.2) is 28.4 Å². The predicted molar refractivity (Wildman–Crippen MR) is 93.7 cm³/mol. The van der Waals surface area contributed by atoms with Crippen LogP contribution in [0.5, 0.6) is 0 Å². The number of fused-ring (bicyclic) bond motifs is 5. The van der Waals surface area contributed by atoms with Crippen molar-refractivity contribution in [1.82, 2.24) is 0 Å². The zero-order chi connectivity index (χ0) is 18.0. The highest BCUT2D eigenvalue weighted by Crippen LogP contribution is 2.66. The number of aliphatic hydroxyl groups excluding tert-OH is 2. The van der Waals surface area contributed by atoms with Crippen molar-refractivity contribution in [2.24, 2.45) is 28.6 Å². The Morgan fingerprint density at radius 1 is 1.28 bits per heavy atom. The molecule has 4 heteroatoms. The molecule has 0 bridgehead atoms. The van der Waals surface area contributed by atoms with Gasteiger partial charge >= 0.3 is 0 Å². The largest absolute Gasteiger partial charge is 0.505 e. The summed E-state index contributed by atoms with van der Waals surface area (Å²) in [6.07, 6.45) is 9.53. The van der Waals surface area contributed by atoms with E-state index in [1.54, 1.807) is 12.2 Å². The number of carbonyl (C=O) groups excluding carboxylic acids is 2. The van der Waals surface area contributed by atoms with Gasteiger partial charge in [0.15, 0.2) is 17.8 Å². The van der Waals surface area contributed by atoms with Gasteiger partial charge in [-0.3, -0.25) is 9.59 Å². The first-order chi connectivity index (χ1) is 11.8. The Balaban J connectivity index is 1.76. The van der Waals surface area contributed by atoms with Crippen molar-refractivity contribution in [3.05, 3.63) is 35.1 Å². The maximum Gasteiger partial charge on any atom is 0.184 e. The summed E-state index contributed by atoms with van der Waals surface area (Å²) in [5.41, 5.74) is 1.40. The Labute approximate surface area is 148 Å². The lowest BCUT2D eigenvalue weighted by Crippen LogP contribution is -2.55. The van der Waals surface area contributed by atoms with Crippen LogP contribution in [0.3, 0.4) is 0 Å². The van der Waals surface area contributed by atoms with Crippen LogP contribution < -0.4 is 0 Å². The normalized spacial score (nSPS) is 47.5. The quantitative estimate of drug-likeness (QED) is 0.436. The second-order valence-electron chi connectivity index (χ2n) is 8.73. The summed E-state index contributed by atoms with van der Waals surface area (Å²) in [4.78, 5) is 22.9. The molecule has 3 saturated carbocycles. The molecule has 2 N–H and O–H groups in total. The van der Waals surface area contributed by atoms with E-state index in [1.807, 2.05) is 6.08 Å². The Hall–Kier alpha value is -1.68. The third-order valence-electron chi connectivity index (χ3n) is 7.70. The predicted octanol–water partition coefficient (Wildman–Crippen LogP) is 3.28. The lowest BCUT2D eigenvalue weighted by atomic mass is 9.47. The van der Waals surface area contributed by atoms with E-state index in [1.165, 1.54) is 0 Å². The molecule has 0 amide bonds. The number of ketones is 1. The first-order valence-corrected chi connectivity index (χ1v) is 9.31. The second kappa shape index (κ2) is 5.41. The SMILES string of the molecule is C[C@]12C=CC(=O)C=C1CC[C@H]1[C@H]2[C@@H](O)C[C@]2(C)/C(=C(/O)C=O)CC[C@H]12. The molecule has 0 heterocycles. The molecule has 4 nitrogen and oxygen atoms in total. The van der Waals surface area contributed by atoms with Crippen LogP contribution in [-0.2, 0) is 9.59 Å². The van der Waals surface area contributed by atoms with Crippen LogP contribution >= 0.6 is 0 Å². The first kappa shape index (κ1) is 16.8. The second-order valence-corrected chi connectivity index (χ2v) is 8.73. The fraction of sp³-hybridized carbons (Fsp3) is 0.619. The minimum absolute atomic E-state index is 0.0445. The maximum atomic E-state index is 11.8. The molecule has 4 aliphatic rings. The third kappa shape index (κ3) is 2.16. The number of rotatable bonds is 1. The van der Waals surface area contributed by atoms with Crippen molar-refractivity contribution in [2.75, 3.05) is 0 Å². The molecule has 0 aromatic heterocycles. The molecule has 0 unspecified atom stereocenters. The van der Waals surface area contributed by atoms with Crippen molar-refractivity contribution in [3.8, 4) is 0 Å². The molecular formula is C21H26O4. The first-order valence-electron chi connectivity index (χ1n) is 9.31. The molecule has 3 fully saturated rings. The Morgan fingerprint density at radius 3 is 2.76 bits per heavy atom. The molecule has 0 spiro atoms. The van der Waals surface area contributed by atoms with Crippen molar-refractivity contribution < 1.29 is 19.8 Å². The highest BCUT2D eigenvalue weighted by atomic mass is 16.3. The smallest absolute Gasteiger partial charge is 0.184 e. The topological polar surface area (TPSA) is 74.6 Å². The van der Waals surface area contributed by atoms with Crippen LogP contribution in [0, 0.1) is 28.6 Å². The summed E-state index contributed by atoms with van der Waals surface area (Å²) in [5.74, 6) is 0.699. The van der Waals surface area contributed by atoms with Gasteiger partial charge in [0, 0.05) is 11.3 Å². The Bertz CT molecular complexity index is 730. The highest BCUT2D eigenvalue weighted by molar-refractivity contribution is 6.01. The Kier molecular flexibility index (Phi) is 3.63. The van der Waals surface area contributed by atoms with Crippen LogP contribution in [0.1, 0.15) is 46.0 Å². The van der Waals surface area contributed by atoms with Gasteiger partial charge in [0.1, 0.15) is 0 Å². The molecule has 0 aromatic rings. The molecule has 134 valence electrons. The van der Waals surface area contributed by atoms with E-state index < -0.39 is 6.10 Å². The molecule has 6 atom stereocenters. The lowest BCUT2D eigenvalue weighted by Gasteiger charge is -2.58. The average molecular weight is 342 g/mol. The van der Waals surface area contributed by atoms with E-state index in [0.717, 1.165) is 36.8 Å². The summed E-state index contributed by atoms with van der Waals surface area (Å²) >= 11 is 0. The van der Waals surface area contributed by atoms with Gasteiger partial charge in [0.25, 0.3) is 0 Å². The standard InChI is InChI=1S/C21H26O4/c1-20-8-7-13(23)9-12(20)3-4-14-15-5-6-16(18(25)11-22)21(15,2)10-17(24)19(14)20/h7-9,11,14-15,17,19,24-25H,3-6,10H2,1-2H3/b18-16+/t14-,15-,17+,19+,20+,21+/m1/s1. The minimum atomic E-state index is -0.509. The molecule has 4 rings (SSSR count). The van der Waals surface area contributed by atoms with Crippen LogP contribution in [0.4, 0.5) is 0 Å². The number of hydrogen-bond acceptors (Lipinski definition) is 4. The van der Waals surface area contributed by atoms with Gasteiger partial charge in [-0.15, -0.1) is 0 Å². The van der Waals surface area contributed by atoms with E-state index in [9.17, 15) is 19.8 Å². The van der Waals surface area contributed by atoms with E-state index in [0.29, 0.717) is 24.5 Å². The van der Waals surface area contributed by atoms with Crippen LogP contribution in [0.2, 0.25) is 0 Å². The van der Waals surface area contributed by atoms with Crippen molar-refractivity contribution in [1.29, 1.82) is 0 Å². The summed E-state index contributed by atoms with van der Waals surface area (Å²) in [6.45, 7) is 4.26. The fourth-order valence-electron chi connectivity index (χ4n) is 6.63. The van der Waals surface area contributed by atoms with Gasteiger partial charge in [-0.1, -0.05) is 25.5 Å². The summed E-state index contributed by atoms with van der Waals surface area (Å²) < 4.78 is 0. The Morgan fingerprint density at radius 2 is 2.04 bits per heavy atom. The van der Waals surface area contributed by atoms with Gasteiger partial charge in [-0.05, 0) is 67.1 Å². The van der Waals surface area contributed by atoms with Gasteiger partial charge in [-0.2, -0.15) is 0 Å². The van der Waals surface area contributed by atoms with Crippen molar-refractivity contribution in [3.63, 3.8) is 0 Å². The van der Waals surface area contributed by atoms with E-state index in [-0.39, 0.29) is 28.3 Å². The number of allylic oxidation sites excluding steroid dienone is 6. The number of hydrogen-bond donors (Lipinski definition) is 2. The minimum Gasteiger partial charge on any atom is -0.505 e. The third-order valence-corrected chi connectivity index (χ3v) is 7.70. The average Bonchev–Trinajstić information content (AvgIpc) is 2.91. The van der Waals surface area contributed by atoms with E-state index >= 15 is 0 Å². The molecule has 0 aromatic carbocycles.